The van der Waals surface area contributed by atoms with Crippen molar-refractivity contribution in [2.75, 3.05) is 26.3 Å². The third-order valence-corrected chi connectivity index (χ3v) is 3.77. The molecule has 1 heterocycles. The predicted octanol–water partition coefficient (Wildman–Crippen LogP) is 0.982. The third kappa shape index (κ3) is 3.45. The zero-order valence-electron chi connectivity index (χ0n) is 10.8. The molecule has 1 N–H and O–H groups in total. The van der Waals surface area contributed by atoms with E-state index in [4.69, 9.17) is 9.84 Å². The number of ether oxygens (including phenoxy) is 1. The van der Waals surface area contributed by atoms with Crippen molar-refractivity contribution in [3.63, 3.8) is 0 Å². The Balaban J connectivity index is 1.98. The maximum Gasteiger partial charge on any atom is 0.323 e. The summed E-state index contributed by atoms with van der Waals surface area (Å²) >= 11 is 0. The number of hydrogen-bond acceptors (Lipinski definition) is 3. The molecule has 1 aliphatic heterocycles. The lowest BCUT2D eigenvalue weighted by molar-refractivity contribution is -0.149. The van der Waals surface area contributed by atoms with Gasteiger partial charge in [0.2, 0.25) is 5.91 Å². The Morgan fingerprint density at radius 2 is 2.06 bits per heavy atom. The van der Waals surface area contributed by atoms with Gasteiger partial charge in [0.1, 0.15) is 6.54 Å². The number of aliphatic carboxylic acids is 1. The molecule has 2 atom stereocenters. The standard InChI is InChI=1S/C13H21NO4/c1-9-8-18-5-4-11(9)13(17)14(7-12(15)16)6-10-2-3-10/h9-11H,2-8H2,1H3,(H,15,16). The number of carbonyl (C=O) groups is 2. The van der Waals surface area contributed by atoms with Gasteiger partial charge in [-0.05, 0) is 31.1 Å². The minimum absolute atomic E-state index is 0.0000926. The summed E-state index contributed by atoms with van der Waals surface area (Å²) in [5, 5.41) is 8.91. The van der Waals surface area contributed by atoms with Crippen molar-refractivity contribution in [2.24, 2.45) is 17.8 Å². The molecule has 2 fully saturated rings. The average molecular weight is 255 g/mol. The van der Waals surface area contributed by atoms with Gasteiger partial charge in [-0.25, -0.2) is 0 Å². The van der Waals surface area contributed by atoms with Crippen LogP contribution >= 0.6 is 0 Å². The van der Waals surface area contributed by atoms with Crippen molar-refractivity contribution < 1.29 is 19.4 Å². The molecule has 0 spiro atoms. The summed E-state index contributed by atoms with van der Waals surface area (Å²) in [6.45, 7) is 3.64. The van der Waals surface area contributed by atoms with Crippen LogP contribution in [0.4, 0.5) is 0 Å². The van der Waals surface area contributed by atoms with Gasteiger partial charge in [-0.3, -0.25) is 9.59 Å². The van der Waals surface area contributed by atoms with E-state index in [-0.39, 0.29) is 24.3 Å². The van der Waals surface area contributed by atoms with Gasteiger partial charge in [-0.15, -0.1) is 0 Å². The maximum atomic E-state index is 12.4. The molecule has 0 bridgehead atoms. The second-order valence-electron chi connectivity index (χ2n) is 5.50. The molecule has 5 nitrogen and oxygen atoms in total. The number of hydrogen-bond donors (Lipinski definition) is 1. The topological polar surface area (TPSA) is 66.8 Å². The van der Waals surface area contributed by atoms with Crippen LogP contribution in [-0.2, 0) is 14.3 Å². The zero-order valence-corrected chi connectivity index (χ0v) is 10.8. The Bertz CT molecular complexity index is 327. The largest absolute Gasteiger partial charge is 0.480 e. The van der Waals surface area contributed by atoms with Crippen LogP contribution in [0.1, 0.15) is 26.2 Å². The fourth-order valence-electron chi connectivity index (χ4n) is 2.49. The third-order valence-electron chi connectivity index (χ3n) is 3.77. The number of carboxylic acids is 1. The van der Waals surface area contributed by atoms with Crippen molar-refractivity contribution in [1.29, 1.82) is 0 Å². The Morgan fingerprint density at radius 3 is 2.61 bits per heavy atom. The lowest BCUT2D eigenvalue weighted by atomic mass is 9.88. The highest BCUT2D eigenvalue weighted by Crippen LogP contribution is 2.31. The second kappa shape index (κ2) is 5.69. The Kier molecular flexibility index (Phi) is 4.22. The molecule has 1 saturated carbocycles. The predicted molar refractivity (Wildman–Crippen MR) is 65.0 cm³/mol. The fourth-order valence-corrected chi connectivity index (χ4v) is 2.49. The first-order valence-corrected chi connectivity index (χ1v) is 6.66. The van der Waals surface area contributed by atoms with Gasteiger partial charge in [0.25, 0.3) is 0 Å². The van der Waals surface area contributed by atoms with Crippen molar-refractivity contribution in [1.82, 2.24) is 4.90 Å². The summed E-state index contributed by atoms with van der Waals surface area (Å²) in [4.78, 5) is 24.8. The van der Waals surface area contributed by atoms with Crippen LogP contribution in [0.25, 0.3) is 0 Å². The van der Waals surface area contributed by atoms with Crippen molar-refractivity contribution in [3.05, 3.63) is 0 Å². The van der Waals surface area contributed by atoms with Gasteiger partial charge in [-0.1, -0.05) is 6.92 Å². The van der Waals surface area contributed by atoms with Crippen LogP contribution in [0, 0.1) is 17.8 Å². The van der Waals surface area contributed by atoms with Crippen molar-refractivity contribution >= 4 is 11.9 Å². The summed E-state index contributed by atoms with van der Waals surface area (Å²) < 4.78 is 5.33. The monoisotopic (exact) mass is 255 g/mol. The van der Waals surface area contributed by atoms with Crippen molar-refractivity contribution in [3.8, 4) is 0 Å². The van der Waals surface area contributed by atoms with Crippen molar-refractivity contribution in [2.45, 2.75) is 26.2 Å². The molecule has 2 unspecified atom stereocenters. The van der Waals surface area contributed by atoms with E-state index in [1.807, 2.05) is 6.92 Å². The lowest BCUT2D eigenvalue weighted by Crippen LogP contribution is -2.45. The first-order valence-electron chi connectivity index (χ1n) is 6.66. The molecule has 0 aromatic rings. The second-order valence-corrected chi connectivity index (χ2v) is 5.50. The molecule has 1 amide bonds. The van der Waals surface area contributed by atoms with E-state index in [9.17, 15) is 9.59 Å². The number of rotatable bonds is 5. The highest BCUT2D eigenvalue weighted by molar-refractivity contribution is 5.83. The van der Waals surface area contributed by atoms with Crippen LogP contribution in [0.5, 0.6) is 0 Å². The minimum atomic E-state index is -0.927. The van der Waals surface area contributed by atoms with Crippen LogP contribution in [-0.4, -0.2) is 48.2 Å². The molecule has 2 rings (SSSR count). The summed E-state index contributed by atoms with van der Waals surface area (Å²) in [6, 6.07) is 0. The van der Waals surface area contributed by atoms with Crippen LogP contribution < -0.4 is 0 Å². The quantitative estimate of drug-likeness (QED) is 0.795. The van der Waals surface area contributed by atoms with Gasteiger partial charge < -0.3 is 14.7 Å². The van der Waals surface area contributed by atoms with E-state index in [2.05, 4.69) is 0 Å². The Labute approximate surface area is 107 Å². The van der Waals surface area contributed by atoms with Gasteiger partial charge in [0.05, 0.1) is 0 Å². The Hall–Kier alpha value is -1.10. The summed E-state index contributed by atoms with van der Waals surface area (Å²) in [5.41, 5.74) is 0. The van der Waals surface area contributed by atoms with E-state index >= 15 is 0 Å². The van der Waals surface area contributed by atoms with Crippen LogP contribution in [0.3, 0.4) is 0 Å². The highest BCUT2D eigenvalue weighted by Gasteiger charge is 2.35. The average Bonchev–Trinajstić information content (AvgIpc) is 3.11. The molecular formula is C13H21NO4. The molecule has 1 saturated heterocycles. The molecule has 0 aromatic carbocycles. The molecule has 5 heteroatoms. The van der Waals surface area contributed by atoms with Gasteiger partial charge >= 0.3 is 5.97 Å². The maximum absolute atomic E-state index is 12.4. The molecule has 0 aromatic heterocycles. The van der Waals surface area contributed by atoms with E-state index in [1.54, 1.807) is 0 Å². The van der Waals surface area contributed by atoms with Crippen LogP contribution in [0.2, 0.25) is 0 Å². The van der Waals surface area contributed by atoms with Gasteiger partial charge in [0.15, 0.2) is 0 Å². The number of amides is 1. The summed E-state index contributed by atoms with van der Waals surface area (Å²) in [7, 11) is 0. The zero-order chi connectivity index (χ0) is 13.1. The molecule has 2 aliphatic rings. The van der Waals surface area contributed by atoms with Crippen LogP contribution in [0.15, 0.2) is 0 Å². The first kappa shape index (κ1) is 13.3. The molecule has 0 radical (unpaired) electrons. The van der Waals surface area contributed by atoms with E-state index in [0.717, 1.165) is 12.8 Å². The van der Waals surface area contributed by atoms with E-state index in [0.29, 0.717) is 32.1 Å². The number of nitrogens with zero attached hydrogens (tertiary/aromatic N) is 1. The van der Waals surface area contributed by atoms with E-state index < -0.39 is 5.97 Å². The molecule has 102 valence electrons. The van der Waals surface area contributed by atoms with Gasteiger partial charge in [-0.2, -0.15) is 0 Å². The van der Waals surface area contributed by atoms with E-state index in [1.165, 1.54) is 4.90 Å². The SMILES string of the molecule is CC1COCCC1C(=O)N(CC(=O)O)CC1CC1. The number of carboxylic acid groups (broad SMARTS) is 1. The minimum Gasteiger partial charge on any atom is -0.480 e. The molecular weight excluding hydrogens is 234 g/mol. The molecule has 18 heavy (non-hydrogen) atoms. The highest BCUT2D eigenvalue weighted by atomic mass is 16.5. The molecule has 1 aliphatic carbocycles. The Morgan fingerprint density at radius 1 is 1.33 bits per heavy atom. The lowest BCUT2D eigenvalue weighted by Gasteiger charge is -2.32. The normalized spacial score (nSPS) is 27.8. The summed E-state index contributed by atoms with van der Waals surface area (Å²) in [5.74, 6) is -0.300. The smallest absolute Gasteiger partial charge is 0.323 e. The van der Waals surface area contributed by atoms with Gasteiger partial charge in [0, 0.05) is 25.7 Å². The number of carbonyl (C=O) groups excluding carboxylic acids is 1. The summed E-state index contributed by atoms with van der Waals surface area (Å²) in [6.07, 6.45) is 2.94. The fraction of sp³-hybridized carbons (Fsp3) is 0.846. The first-order chi connectivity index (χ1) is 8.58.